The zero-order valence-corrected chi connectivity index (χ0v) is 14.1. The van der Waals surface area contributed by atoms with Crippen LogP contribution in [0.1, 0.15) is 11.6 Å². The minimum atomic E-state index is 0.119. The molecule has 0 bridgehead atoms. The molecule has 4 rings (SSSR count). The van der Waals surface area contributed by atoms with Crippen LogP contribution in [0.15, 0.2) is 52.9 Å². The molecule has 0 amide bonds. The first-order valence-corrected chi connectivity index (χ1v) is 8.01. The lowest BCUT2D eigenvalue weighted by molar-refractivity contribution is 0.253. The summed E-state index contributed by atoms with van der Waals surface area (Å²) in [5.41, 5.74) is 3.10. The summed E-state index contributed by atoms with van der Waals surface area (Å²) in [7, 11) is 0. The molecule has 0 aliphatic carbocycles. The summed E-state index contributed by atoms with van der Waals surface area (Å²) < 4.78 is 11.3. The van der Waals surface area contributed by atoms with Crippen LogP contribution in [0, 0.1) is 6.92 Å². The number of nitrogens with zero attached hydrogens (tertiary/aromatic N) is 4. The zero-order chi connectivity index (χ0) is 17.2. The normalized spacial score (nSPS) is 11.0. The number of aryl methyl sites for hydroxylation is 1. The highest BCUT2D eigenvalue weighted by Crippen LogP contribution is 2.22. The monoisotopic (exact) mass is 352 g/mol. The van der Waals surface area contributed by atoms with Gasteiger partial charge in [-0.3, -0.25) is 0 Å². The van der Waals surface area contributed by atoms with Crippen LogP contribution in [0.25, 0.3) is 22.5 Å². The van der Waals surface area contributed by atoms with Crippen molar-refractivity contribution in [2.24, 2.45) is 0 Å². The maximum absolute atomic E-state index is 5.88. The van der Waals surface area contributed by atoms with Crippen molar-refractivity contribution in [3.63, 3.8) is 0 Å². The van der Waals surface area contributed by atoms with E-state index in [1.165, 1.54) is 0 Å². The van der Waals surface area contributed by atoms with Crippen LogP contribution in [0.3, 0.4) is 0 Å². The number of benzene rings is 2. The Balaban J connectivity index is 1.52. The molecule has 0 atom stereocenters. The third kappa shape index (κ3) is 3.29. The van der Waals surface area contributed by atoms with Crippen molar-refractivity contribution in [3.05, 3.63) is 65.1 Å². The first kappa shape index (κ1) is 15.5. The molecule has 0 unspecified atom stereocenters. The van der Waals surface area contributed by atoms with Crippen LogP contribution in [0.5, 0.6) is 5.88 Å². The van der Waals surface area contributed by atoms with Gasteiger partial charge in [0.05, 0.1) is 11.0 Å². The molecule has 0 saturated heterocycles. The maximum Gasteiger partial charge on any atom is 0.254 e. The molecule has 4 aromatic rings. The van der Waals surface area contributed by atoms with Gasteiger partial charge in [-0.1, -0.05) is 23.7 Å². The van der Waals surface area contributed by atoms with Gasteiger partial charge < -0.3 is 9.15 Å². The van der Waals surface area contributed by atoms with Crippen molar-refractivity contribution in [2.45, 2.75) is 13.5 Å². The lowest BCUT2D eigenvalue weighted by atomic mass is 10.2. The highest BCUT2D eigenvalue weighted by atomic mass is 35.5. The van der Waals surface area contributed by atoms with Gasteiger partial charge in [-0.25, -0.2) is 9.97 Å². The molecule has 0 spiro atoms. The Hall–Kier alpha value is -2.99. The fourth-order valence-electron chi connectivity index (χ4n) is 2.36. The predicted octanol–water partition coefficient (Wildman–Crippen LogP) is 4.22. The van der Waals surface area contributed by atoms with Gasteiger partial charge in [0.1, 0.15) is 5.69 Å². The molecule has 0 fully saturated rings. The van der Waals surface area contributed by atoms with Gasteiger partial charge in [0, 0.05) is 10.6 Å². The lowest BCUT2D eigenvalue weighted by Gasteiger charge is -2.06. The van der Waals surface area contributed by atoms with E-state index in [1.54, 1.807) is 12.1 Å². The van der Waals surface area contributed by atoms with E-state index in [-0.39, 0.29) is 6.61 Å². The number of halogens is 1. The Kier molecular flexibility index (Phi) is 4.03. The van der Waals surface area contributed by atoms with Crippen LogP contribution in [0.4, 0.5) is 0 Å². The first-order chi connectivity index (χ1) is 12.2. The van der Waals surface area contributed by atoms with Crippen LogP contribution >= 0.6 is 11.6 Å². The second kappa shape index (κ2) is 6.49. The van der Waals surface area contributed by atoms with Crippen LogP contribution in [-0.4, -0.2) is 20.2 Å². The van der Waals surface area contributed by atoms with E-state index < -0.39 is 0 Å². The van der Waals surface area contributed by atoms with Crippen LogP contribution in [-0.2, 0) is 6.61 Å². The van der Waals surface area contributed by atoms with Crippen molar-refractivity contribution in [2.75, 3.05) is 0 Å². The summed E-state index contributed by atoms with van der Waals surface area (Å²) in [6, 6.07) is 14.8. The lowest BCUT2D eigenvalue weighted by Crippen LogP contribution is -2.01. The van der Waals surface area contributed by atoms with E-state index in [1.807, 2.05) is 43.3 Å². The van der Waals surface area contributed by atoms with Crippen molar-refractivity contribution in [1.29, 1.82) is 0 Å². The average Bonchev–Trinajstić information content (AvgIpc) is 3.09. The van der Waals surface area contributed by atoms with Crippen LogP contribution in [0.2, 0.25) is 5.02 Å². The average molecular weight is 353 g/mol. The summed E-state index contributed by atoms with van der Waals surface area (Å²) in [6.45, 7) is 1.97. The Morgan fingerprint density at radius 2 is 1.68 bits per heavy atom. The number of rotatable bonds is 4. The molecule has 2 aromatic heterocycles. The molecular formula is C18H13ClN4O2. The van der Waals surface area contributed by atoms with Gasteiger partial charge >= 0.3 is 0 Å². The highest BCUT2D eigenvalue weighted by Gasteiger charge is 2.11. The summed E-state index contributed by atoms with van der Waals surface area (Å²) in [5, 5.41) is 8.67. The molecule has 25 heavy (non-hydrogen) atoms. The summed E-state index contributed by atoms with van der Waals surface area (Å²) in [4.78, 5) is 8.96. The predicted molar refractivity (Wildman–Crippen MR) is 93.4 cm³/mol. The fraction of sp³-hybridized carbons (Fsp3) is 0.111. The van der Waals surface area contributed by atoms with Gasteiger partial charge in [0.25, 0.3) is 5.89 Å². The number of fused-ring (bicyclic) bond motifs is 1. The first-order valence-electron chi connectivity index (χ1n) is 7.63. The summed E-state index contributed by atoms with van der Waals surface area (Å²) >= 11 is 5.88. The third-order valence-corrected chi connectivity index (χ3v) is 3.84. The second-order valence-electron chi connectivity index (χ2n) is 5.40. The summed E-state index contributed by atoms with van der Waals surface area (Å²) in [6.07, 6.45) is 0. The summed E-state index contributed by atoms with van der Waals surface area (Å²) in [5.74, 6) is 1.22. The molecule has 0 aliphatic rings. The van der Waals surface area contributed by atoms with Gasteiger partial charge in [0.15, 0.2) is 6.61 Å². The van der Waals surface area contributed by atoms with Gasteiger partial charge in [0.2, 0.25) is 11.8 Å². The fourth-order valence-corrected chi connectivity index (χ4v) is 2.49. The molecule has 0 N–H and O–H groups in total. The third-order valence-electron chi connectivity index (χ3n) is 3.59. The molecular weight excluding hydrogens is 340 g/mol. The number of ether oxygens (including phenoxy) is 1. The van der Waals surface area contributed by atoms with E-state index in [9.17, 15) is 0 Å². The number of hydrogen-bond acceptors (Lipinski definition) is 6. The van der Waals surface area contributed by atoms with Crippen molar-refractivity contribution in [3.8, 4) is 17.3 Å². The van der Waals surface area contributed by atoms with E-state index >= 15 is 0 Å². The van der Waals surface area contributed by atoms with Crippen molar-refractivity contribution >= 4 is 22.6 Å². The van der Waals surface area contributed by atoms with Crippen molar-refractivity contribution < 1.29 is 9.15 Å². The molecule has 0 aliphatic heterocycles. The van der Waals surface area contributed by atoms with Crippen molar-refractivity contribution in [1.82, 2.24) is 20.2 Å². The molecule has 2 heterocycles. The molecule has 0 radical (unpaired) electrons. The van der Waals surface area contributed by atoms with Gasteiger partial charge in [-0.15, -0.1) is 10.2 Å². The van der Waals surface area contributed by atoms with Gasteiger partial charge in [-0.05, 0) is 43.3 Å². The second-order valence-corrected chi connectivity index (χ2v) is 5.84. The number of hydrogen-bond donors (Lipinski definition) is 0. The van der Waals surface area contributed by atoms with E-state index in [0.29, 0.717) is 28.4 Å². The Morgan fingerprint density at radius 3 is 2.44 bits per heavy atom. The Bertz CT molecular complexity index is 1030. The largest absolute Gasteiger partial charge is 0.466 e. The maximum atomic E-state index is 5.88. The Labute approximate surface area is 148 Å². The topological polar surface area (TPSA) is 73.9 Å². The van der Waals surface area contributed by atoms with E-state index in [2.05, 4.69) is 20.2 Å². The molecule has 6 nitrogen and oxygen atoms in total. The molecule has 0 saturated carbocycles. The quantitative estimate of drug-likeness (QED) is 0.547. The standard InChI is InChI=1S/C18H13ClN4O2/c1-11-17(21-15-5-3-2-4-14(15)20-11)24-10-16-22-23-18(25-16)12-6-8-13(19)9-7-12/h2-9H,10H2,1H3. The minimum absolute atomic E-state index is 0.119. The van der Waals surface area contributed by atoms with Crippen LogP contribution < -0.4 is 4.74 Å². The zero-order valence-electron chi connectivity index (χ0n) is 13.3. The van der Waals surface area contributed by atoms with E-state index in [0.717, 1.165) is 16.6 Å². The molecule has 7 heteroatoms. The smallest absolute Gasteiger partial charge is 0.254 e. The highest BCUT2D eigenvalue weighted by molar-refractivity contribution is 6.30. The molecule has 2 aromatic carbocycles. The van der Waals surface area contributed by atoms with E-state index in [4.69, 9.17) is 20.8 Å². The van der Waals surface area contributed by atoms with Gasteiger partial charge in [-0.2, -0.15) is 0 Å². The SMILES string of the molecule is Cc1nc2ccccc2nc1OCc1nnc(-c2ccc(Cl)cc2)o1. The Morgan fingerprint density at radius 1 is 0.960 bits per heavy atom. The number of para-hydroxylation sites is 2. The minimum Gasteiger partial charge on any atom is -0.466 e. The number of aromatic nitrogens is 4. The molecule has 124 valence electrons.